The SMILES string of the molecule is CCCCC(CC)CNC(=NCC(C)(O)CN1CCOCC1)NCC. The van der Waals surface area contributed by atoms with Gasteiger partial charge in [0.05, 0.1) is 25.4 Å². The molecule has 6 heteroatoms. The largest absolute Gasteiger partial charge is 0.387 e. The molecule has 0 saturated carbocycles. The molecule has 1 aliphatic heterocycles. The van der Waals surface area contributed by atoms with E-state index in [1.165, 1.54) is 25.7 Å². The fourth-order valence-electron chi connectivity index (χ4n) is 3.07. The van der Waals surface area contributed by atoms with Crippen molar-refractivity contribution < 1.29 is 9.84 Å². The van der Waals surface area contributed by atoms with Gasteiger partial charge >= 0.3 is 0 Å². The topological polar surface area (TPSA) is 69.1 Å². The van der Waals surface area contributed by atoms with Crippen molar-refractivity contribution >= 4 is 5.96 Å². The highest BCUT2D eigenvalue weighted by Gasteiger charge is 2.25. The Morgan fingerprint density at radius 2 is 1.96 bits per heavy atom. The number of nitrogens with one attached hydrogen (secondary N) is 2. The lowest BCUT2D eigenvalue weighted by Crippen LogP contribution is -2.48. The molecule has 0 amide bonds. The lowest BCUT2D eigenvalue weighted by molar-refractivity contribution is -0.0180. The van der Waals surface area contributed by atoms with E-state index in [0.717, 1.165) is 45.4 Å². The average Bonchev–Trinajstić information content (AvgIpc) is 2.60. The minimum atomic E-state index is -0.827. The molecular weight excluding hydrogens is 316 g/mol. The van der Waals surface area contributed by atoms with E-state index in [2.05, 4.69) is 41.3 Å². The van der Waals surface area contributed by atoms with Gasteiger partial charge in [0, 0.05) is 32.7 Å². The molecule has 2 atom stereocenters. The van der Waals surface area contributed by atoms with Gasteiger partial charge in [-0.1, -0.05) is 33.1 Å². The van der Waals surface area contributed by atoms with E-state index in [-0.39, 0.29) is 0 Å². The fourth-order valence-corrected chi connectivity index (χ4v) is 3.07. The van der Waals surface area contributed by atoms with Crippen LogP contribution in [0.15, 0.2) is 4.99 Å². The van der Waals surface area contributed by atoms with Gasteiger partial charge in [-0.05, 0) is 26.2 Å². The Morgan fingerprint density at radius 3 is 2.56 bits per heavy atom. The van der Waals surface area contributed by atoms with Crippen LogP contribution in [0.2, 0.25) is 0 Å². The van der Waals surface area contributed by atoms with Crippen LogP contribution in [0.4, 0.5) is 0 Å². The predicted octanol–water partition coefficient (Wildman–Crippen LogP) is 1.84. The third kappa shape index (κ3) is 10.0. The maximum atomic E-state index is 10.7. The van der Waals surface area contributed by atoms with E-state index in [0.29, 0.717) is 19.0 Å². The zero-order chi connectivity index (χ0) is 18.5. The first-order chi connectivity index (χ1) is 12.0. The zero-order valence-electron chi connectivity index (χ0n) is 16.8. The Morgan fingerprint density at radius 1 is 1.24 bits per heavy atom. The fraction of sp³-hybridized carbons (Fsp3) is 0.947. The molecule has 0 bridgehead atoms. The van der Waals surface area contributed by atoms with Gasteiger partial charge in [0.25, 0.3) is 0 Å². The summed E-state index contributed by atoms with van der Waals surface area (Å²) in [4.78, 5) is 6.87. The molecular formula is C19H40N4O2. The van der Waals surface area contributed by atoms with Gasteiger partial charge in [0.1, 0.15) is 0 Å². The Kier molecular flexibility index (Phi) is 11.1. The van der Waals surface area contributed by atoms with Gasteiger partial charge in [0.2, 0.25) is 0 Å². The third-order valence-corrected chi connectivity index (χ3v) is 4.69. The summed E-state index contributed by atoms with van der Waals surface area (Å²) in [5.74, 6) is 1.48. The molecule has 1 fully saturated rings. The highest BCUT2D eigenvalue weighted by atomic mass is 16.5. The molecule has 0 radical (unpaired) electrons. The summed E-state index contributed by atoms with van der Waals surface area (Å²) in [6.07, 6.45) is 4.96. The molecule has 2 unspecified atom stereocenters. The van der Waals surface area contributed by atoms with Crippen molar-refractivity contribution in [3.63, 3.8) is 0 Å². The maximum absolute atomic E-state index is 10.7. The molecule has 0 aromatic carbocycles. The minimum absolute atomic E-state index is 0.394. The molecule has 0 aromatic heterocycles. The van der Waals surface area contributed by atoms with Crippen LogP contribution in [0, 0.1) is 5.92 Å². The van der Waals surface area contributed by atoms with Gasteiger partial charge < -0.3 is 20.5 Å². The van der Waals surface area contributed by atoms with Gasteiger partial charge in [-0.25, -0.2) is 0 Å². The number of ether oxygens (including phenoxy) is 1. The standard InChI is InChI=1S/C19H40N4O2/c1-5-8-9-17(6-2)14-21-18(20-7-3)22-15-19(4,24)16-23-10-12-25-13-11-23/h17,24H,5-16H2,1-4H3,(H2,20,21,22). The Bertz CT molecular complexity index is 368. The highest BCUT2D eigenvalue weighted by molar-refractivity contribution is 5.79. The smallest absolute Gasteiger partial charge is 0.191 e. The molecule has 1 rings (SSSR count). The number of morpholine rings is 1. The van der Waals surface area contributed by atoms with E-state index in [1.807, 2.05) is 6.92 Å². The van der Waals surface area contributed by atoms with E-state index in [9.17, 15) is 5.11 Å². The van der Waals surface area contributed by atoms with Crippen LogP contribution in [-0.4, -0.2) is 74.0 Å². The van der Waals surface area contributed by atoms with Crippen molar-refractivity contribution in [1.29, 1.82) is 0 Å². The first kappa shape index (κ1) is 22.2. The summed E-state index contributed by atoms with van der Waals surface area (Å²) < 4.78 is 5.37. The van der Waals surface area contributed by atoms with E-state index in [4.69, 9.17) is 4.74 Å². The number of unbranched alkanes of at least 4 members (excludes halogenated alkanes) is 1. The third-order valence-electron chi connectivity index (χ3n) is 4.69. The van der Waals surface area contributed by atoms with Gasteiger partial charge in [-0.2, -0.15) is 0 Å². The van der Waals surface area contributed by atoms with Crippen molar-refractivity contribution in [1.82, 2.24) is 15.5 Å². The number of rotatable bonds is 11. The molecule has 1 heterocycles. The predicted molar refractivity (Wildman–Crippen MR) is 105 cm³/mol. The van der Waals surface area contributed by atoms with Crippen molar-refractivity contribution in [3.05, 3.63) is 0 Å². The van der Waals surface area contributed by atoms with Crippen LogP contribution in [0.25, 0.3) is 0 Å². The zero-order valence-corrected chi connectivity index (χ0v) is 16.8. The second-order valence-corrected chi connectivity index (χ2v) is 7.38. The second-order valence-electron chi connectivity index (χ2n) is 7.38. The number of β-amino-alcohol motifs (C(OH)–C–C–N with tert-alkyl or cyclic N) is 1. The molecule has 6 nitrogen and oxygen atoms in total. The van der Waals surface area contributed by atoms with Crippen molar-refractivity contribution in [2.45, 2.75) is 59.0 Å². The van der Waals surface area contributed by atoms with Crippen molar-refractivity contribution in [2.75, 3.05) is 52.5 Å². The molecule has 0 aromatic rings. The normalized spacial score (nSPS) is 20.1. The van der Waals surface area contributed by atoms with Crippen molar-refractivity contribution in [3.8, 4) is 0 Å². The van der Waals surface area contributed by atoms with Gasteiger partial charge in [-0.3, -0.25) is 9.89 Å². The molecule has 1 aliphatic rings. The van der Waals surface area contributed by atoms with Crippen LogP contribution in [-0.2, 0) is 4.74 Å². The number of guanidine groups is 1. The summed E-state index contributed by atoms with van der Waals surface area (Å²) in [6, 6.07) is 0. The lowest BCUT2D eigenvalue weighted by Gasteiger charge is -2.33. The van der Waals surface area contributed by atoms with Crippen LogP contribution >= 0.6 is 0 Å². The summed E-state index contributed by atoms with van der Waals surface area (Å²) >= 11 is 0. The molecule has 148 valence electrons. The second kappa shape index (κ2) is 12.5. The molecule has 1 saturated heterocycles. The number of aliphatic imine (C=N–C) groups is 1. The molecule has 0 spiro atoms. The van der Waals surface area contributed by atoms with Crippen molar-refractivity contribution in [2.24, 2.45) is 10.9 Å². The maximum Gasteiger partial charge on any atom is 0.191 e. The number of hydrogen-bond donors (Lipinski definition) is 3. The number of hydrogen-bond acceptors (Lipinski definition) is 4. The summed E-state index contributed by atoms with van der Waals surface area (Å²) in [6.45, 7) is 14.5. The highest BCUT2D eigenvalue weighted by Crippen LogP contribution is 2.12. The van der Waals surface area contributed by atoms with Crippen LogP contribution in [0.5, 0.6) is 0 Å². The summed E-state index contributed by atoms with van der Waals surface area (Å²) in [5, 5.41) is 17.4. The van der Waals surface area contributed by atoms with E-state index < -0.39 is 5.60 Å². The Hall–Kier alpha value is -0.850. The molecule has 0 aliphatic carbocycles. The van der Waals surface area contributed by atoms with Crippen LogP contribution < -0.4 is 10.6 Å². The Balaban J connectivity index is 2.48. The summed E-state index contributed by atoms with van der Waals surface area (Å²) in [5.41, 5.74) is -0.827. The monoisotopic (exact) mass is 356 g/mol. The van der Waals surface area contributed by atoms with Crippen LogP contribution in [0.3, 0.4) is 0 Å². The number of aliphatic hydroxyl groups is 1. The summed E-state index contributed by atoms with van der Waals surface area (Å²) in [7, 11) is 0. The lowest BCUT2D eigenvalue weighted by atomic mass is 9.99. The first-order valence-electron chi connectivity index (χ1n) is 10.0. The number of nitrogens with zero attached hydrogens (tertiary/aromatic N) is 2. The van der Waals surface area contributed by atoms with E-state index >= 15 is 0 Å². The van der Waals surface area contributed by atoms with Gasteiger partial charge in [-0.15, -0.1) is 0 Å². The average molecular weight is 357 g/mol. The quantitative estimate of drug-likeness (QED) is 0.389. The van der Waals surface area contributed by atoms with Crippen LogP contribution in [0.1, 0.15) is 53.4 Å². The molecule has 25 heavy (non-hydrogen) atoms. The minimum Gasteiger partial charge on any atom is -0.387 e. The molecule has 3 N–H and O–H groups in total. The first-order valence-corrected chi connectivity index (χ1v) is 10.0. The van der Waals surface area contributed by atoms with Gasteiger partial charge in [0.15, 0.2) is 5.96 Å². The Labute approximate surface area is 154 Å². The van der Waals surface area contributed by atoms with E-state index in [1.54, 1.807) is 0 Å².